The van der Waals surface area contributed by atoms with Crippen molar-refractivity contribution in [2.24, 2.45) is 0 Å². The van der Waals surface area contributed by atoms with Crippen LogP contribution in [-0.4, -0.2) is 36.1 Å². The highest BCUT2D eigenvalue weighted by Crippen LogP contribution is 2.31. The Morgan fingerprint density at radius 1 is 1.33 bits per heavy atom. The highest BCUT2D eigenvalue weighted by Gasteiger charge is 2.25. The number of carbonyl (C=O) groups excluding carboxylic acids is 1. The van der Waals surface area contributed by atoms with E-state index in [1.807, 2.05) is 6.07 Å². The van der Waals surface area contributed by atoms with Gasteiger partial charge in [0.2, 0.25) is 5.91 Å². The molecule has 21 heavy (non-hydrogen) atoms. The van der Waals surface area contributed by atoms with Crippen LogP contribution in [0.15, 0.2) is 18.2 Å². The molecule has 2 N–H and O–H groups in total. The van der Waals surface area contributed by atoms with E-state index in [1.165, 1.54) is 0 Å². The molecule has 1 atom stereocenters. The quantitative estimate of drug-likeness (QED) is 0.870. The van der Waals surface area contributed by atoms with Gasteiger partial charge in [-0.2, -0.15) is 0 Å². The summed E-state index contributed by atoms with van der Waals surface area (Å²) in [5.41, 5.74) is 0.892. The van der Waals surface area contributed by atoms with Crippen LogP contribution in [0.1, 0.15) is 19.3 Å². The molecule has 1 aliphatic heterocycles. The summed E-state index contributed by atoms with van der Waals surface area (Å²) in [5, 5.41) is 12.6. The van der Waals surface area contributed by atoms with Crippen molar-refractivity contribution in [3.63, 3.8) is 0 Å². The molecule has 1 fully saturated rings. The maximum atomic E-state index is 11.6. The third-order valence-corrected chi connectivity index (χ3v) is 3.91. The summed E-state index contributed by atoms with van der Waals surface area (Å²) < 4.78 is 0. The van der Waals surface area contributed by atoms with E-state index in [0.29, 0.717) is 16.6 Å². The van der Waals surface area contributed by atoms with E-state index < -0.39 is 5.97 Å². The molecule has 0 bridgehead atoms. The first-order chi connectivity index (χ1) is 9.95. The van der Waals surface area contributed by atoms with Crippen LogP contribution in [0.4, 0.5) is 5.69 Å². The minimum atomic E-state index is -0.967. The van der Waals surface area contributed by atoms with E-state index in [4.69, 9.17) is 28.3 Å². The molecule has 1 aromatic rings. The highest BCUT2D eigenvalue weighted by atomic mass is 35.5. The zero-order valence-corrected chi connectivity index (χ0v) is 12.8. The molecule has 2 rings (SSSR count). The SMILES string of the molecule is O=C(O)CCC(=O)NC1CCN(c2ccc(Cl)cc2Cl)C1. The number of nitrogens with zero attached hydrogens (tertiary/aromatic N) is 1. The van der Waals surface area contributed by atoms with E-state index >= 15 is 0 Å². The molecule has 0 saturated carbocycles. The van der Waals surface area contributed by atoms with Crippen molar-refractivity contribution in [1.82, 2.24) is 5.32 Å². The summed E-state index contributed by atoms with van der Waals surface area (Å²) >= 11 is 12.0. The van der Waals surface area contributed by atoms with Gasteiger partial charge in [-0.25, -0.2) is 0 Å². The molecule has 1 aromatic carbocycles. The molecule has 0 radical (unpaired) electrons. The summed E-state index contributed by atoms with van der Waals surface area (Å²) in [6.45, 7) is 1.44. The molecule has 1 saturated heterocycles. The maximum absolute atomic E-state index is 11.6. The van der Waals surface area contributed by atoms with Gasteiger partial charge >= 0.3 is 5.97 Å². The molecule has 7 heteroatoms. The standard InChI is InChI=1S/C14H16Cl2N2O3/c15-9-1-2-12(11(16)7-9)18-6-5-10(8-18)17-13(19)3-4-14(20)21/h1-2,7,10H,3-6,8H2,(H,17,19)(H,20,21). The molecule has 114 valence electrons. The third kappa shape index (κ3) is 4.51. The van der Waals surface area contributed by atoms with Gasteiger partial charge in [0.1, 0.15) is 0 Å². The average molecular weight is 331 g/mol. The summed E-state index contributed by atoms with van der Waals surface area (Å²) in [6, 6.07) is 5.34. The average Bonchev–Trinajstić information content (AvgIpc) is 2.84. The molecule has 1 aliphatic rings. The molecule has 1 unspecified atom stereocenters. The number of carboxylic acids is 1. The fourth-order valence-electron chi connectivity index (χ4n) is 2.35. The first kappa shape index (κ1) is 15.9. The topological polar surface area (TPSA) is 69.6 Å². The first-order valence-corrected chi connectivity index (χ1v) is 7.42. The second-order valence-corrected chi connectivity index (χ2v) is 5.83. The van der Waals surface area contributed by atoms with Crippen LogP contribution in [-0.2, 0) is 9.59 Å². The fourth-order valence-corrected chi connectivity index (χ4v) is 2.88. The molecular weight excluding hydrogens is 315 g/mol. The highest BCUT2D eigenvalue weighted by molar-refractivity contribution is 6.36. The predicted molar refractivity (Wildman–Crippen MR) is 82.1 cm³/mol. The Kier molecular flexibility index (Phi) is 5.31. The minimum absolute atomic E-state index is 0.00747. The minimum Gasteiger partial charge on any atom is -0.481 e. The van der Waals surface area contributed by atoms with Crippen molar-refractivity contribution in [1.29, 1.82) is 0 Å². The molecule has 0 aromatic heterocycles. The van der Waals surface area contributed by atoms with Crippen LogP contribution in [0.25, 0.3) is 0 Å². The van der Waals surface area contributed by atoms with E-state index in [-0.39, 0.29) is 24.8 Å². The number of halogens is 2. The van der Waals surface area contributed by atoms with Crippen LogP contribution in [0, 0.1) is 0 Å². The Bertz CT molecular complexity index is 551. The van der Waals surface area contributed by atoms with E-state index in [1.54, 1.807) is 12.1 Å². The first-order valence-electron chi connectivity index (χ1n) is 6.67. The van der Waals surface area contributed by atoms with Gasteiger partial charge in [-0.1, -0.05) is 23.2 Å². The van der Waals surface area contributed by atoms with Crippen LogP contribution in [0.3, 0.4) is 0 Å². The lowest BCUT2D eigenvalue weighted by molar-refractivity contribution is -0.138. The number of rotatable bonds is 5. The molecule has 1 amide bonds. The molecule has 0 aliphatic carbocycles. The van der Waals surface area contributed by atoms with Gasteiger partial charge in [-0.3, -0.25) is 9.59 Å². The van der Waals surface area contributed by atoms with Crippen molar-refractivity contribution in [3.05, 3.63) is 28.2 Å². The Labute approximate surface area is 132 Å². The second kappa shape index (κ2) is 7.00. The van der Waals surface area contributed by atoms with Crippen molar-refractivity contribution < 1.29 is 14.7 Å². The van der Waals surface area contributed by atoms with E-state index in [0.717, 1.165) is 18.7 Å². The van der Waals surface area contributed by atoms with Crippen molar-refractivity contribution in [2.75, 3.05) is 18.0 Å². The maximum Gasteiger partial charge on any atom is 0.303 e. The van der Waals surface area contributed by atoms with Gasteiger partial charge in [-0.15, -0.1) is 0 Å². The number of amides is 1. The van der Waals surface area contributed by atoms with E-state index in [9.17, 15) is 9.59 Å². The third-order valence-electron chi connectivity index (χ3n) is 3.37. The molecule has 1 heterocycles. The number of benzene rings is 1. The fraction of sp³-hybridized carbons (Fsp3) is 0.429. The van der Waals surface area contributed by atoms with Crippen molar-refractivity contribution in [2.45, 2.75) is 25.3 Å². The Morgan fingerprint density at radius 3 is 2.76 bits per heavy atom. The number of carboxylic acid groups (broad SMARTS) is 1. The van der Waals surface area contributed by atoms with Gasteiger partial charge in [0.25, 0.3) is 0 Å². The normalized spacial score (nSPS) is 17.8. The zero-order chi connectivity index (χ0) is 15.4. The summed E-state index contributed by atoms with van der Waals surface area (Å²) in [7, 11) is 0. The number of anilines is 1. The monoisotopic (exact) mass is 330 g/mol. The Morgan fingerprint density at radius 2 is 2.10 bits per heavy atom. The number of hydrogen-bond acceptors (Lipinski definition) is 3. The number of hydrogen-bond donors (Lipinski definition) is 2. The summed E-state index contributed by atoms with van der Waals surface area (Å²) in [5.74, 6) is -1.20. The second-order valence-electron chi connectivity index (χ2n) is 4.99. The molecular formula is C14H16Cl2N2O3. The Hall–Kier alpha value is -1.46. The Balaban J connectivity index is 1.88. The van der Waals surface area contributed by atoms with Gasteiger partial charge < -0.3 is 15.3 Å². The van der Waals surface area contributed by atoms with Gasteiger partial charge in [0, 0.05) is 30.6 Å². The zero-order valence-electron chi connectivity index (χ0n) is 11.3. The van der Waals surface area contributed by atoms with Gasteiger partial charge in [-0.05, 0) is 24.6 Å². The summed E-state index contributed by atoms with van der Waals surface area (Å²) in [6.07, 6.45) is 0.663. The van der Waals surface area contributed by atoms with Crippen LogP contribution in [0.5, 0.6) is 0 Å². The molecule has 5 nitrogen and oxygen atoms in total. The number of carbonyl (C=O) groups is 2. The lowest BCUT2D eigenvalue weighted by atomic mass is 10.2. The predicted octanol–water partition coefficient (Wildman–Crippen LogP) is 2.55. The number of aliphatic carboxylic acids is 1. The lowest BCUT2D eigenvalue weighted by Crippen LogP contribution is -2.37. The number of nitrogens with one attached hydrogen (secondary N) is 1. The smallest absolute Gasteiger partial charge is 0.303 e. The van der Waals surface area contributed by atoms with Crippen LogP contribution in [0.2, 0.25) is 10.0 Å². The van der Waals surface area contributed by atoms with Crippen molar-refractivity contribution in [3.8, 4) is 0 Å². The van der Waals surface area contributed by atoms with Gasteiger partial charge in [0.05, 0.1) is 17.1 Å². The van der Waals surface area contributed by atoms with Crippen LogP contribution >= 0.6 is 23.2 Å². The largest absolute Gasteiger partial charge is 0.481 e. The van der Waals surface area contributed by atoms with Crippen molar-refractivity contribution >= 4 is 40.8 Å². The van der Waals surface area contributed by atoms with Crippen LogP contribution < -0.4 is 10.2 Å². The molecule has 0 spiro atoms. The van der Waals surface area contributed by atoms with Gasteiger partial charge in [0.15, 0.2) is 0 Å². The van der Waals surface area contributed by atoms with E-state index in [2.05, 4.69) is 10.2 Å². The lowest BCUT2D eigenvalue weighted by Gasteiger charge is -2.20. The summed E-state index contributed by atoms with van der Waals surface area (Å²) in [4.78, 5) is 24.1.